The molecule has 0 saturated carbocycles. The van der Waals surface area contributed by atoms with E-state index in [0.29, 0.717) is 5.92 Å². The maximum atomic E-state index is 3.92. The molecule has 0 aliphatic rings. The Balaban J connectivity index is 2.88. The fourth-order valence-electron chi connectivity index (χ4n) is 2.93. The lowest BCUT2D eigenvalue weighted by atomic mass is 9.86. The van der Waals surface area contributed by atoms with Crippen LogP contribution in [-0.4, -0.2) is 0 Å². The minimum absolute atomic E-state index is 0.696. The summed E-state index contributed by atoms with van der Waals surface area (Å²) in [4.78, 5) is 0. The standard InChI is InChI=1S/C21H32/c1-5-9-11-13-20(14-12-10-6-2)21-16-18(7-3)15-19(8-4)17-21/h7-8,15-17,20H,3-6,9-14H2,1-2H3. The van der Waals surface area contributed by atoms with Gasteiger partial charge >= 0.3 is 0 Å². The Bertz CT molecular complexity index is 391. The van der Waals surface area contributed by atoms with Crippen molar-refractivity contribution in [1.82, 2.24) is 0 Å². The molecule has 0 amide bonds. The highest BCUT2D eigenvalue weighted by Crippen LogP contribution is 2.30. The third-order valence-corrected chi connectivity index (χ3v) is 4.26. The van der Waals surface area contributed by atoms with Gasteiger partial charge in [-0.2, -0.15) is 0 Å². The van der Waals surface area contributed by atoms with Crippen LogP contribution in [0.2, 0.25) is 0 Å². The van der Waals surface area contributed by atoms with Gasteiger partial charge in [0.15, 0.2) is 0 Å². The van der Waals surface area contributed by atoms with Gasteiger partial charge < -0.3 is 0 Å². The molecular weight excluding hydrogens is 252 g/mol. The minimum atomic E-state index is 0.696. The average Bonchev–Trinajstić information content (AvgIpc) is 2.53. The highest BCUT2D eigenvalue weighted by Gasteiger charge is 2.12. The number of benzene rings is 1. The van der Waals surface area contributed by atoms with E-state index in [1.807, 2.05) is 12.2 Å². The molecule has 0 heterocycles. The number of unbranched alkanes of at least 4 members (excludes halogenated alkanes) is 4. The summed E-state index contributed by atoms with van der Waals surface area (Å²) >= 11 is 0. The lowest BCUT2D eigenvalue weighted by Crippen LogP contribution is -2.01. The summed E-state index contributed by atoms with van der Waals surface area (Å²) in [6, 6.07) is 6.81. The van der Waals surface area contributed by atoms with Crippen molar-refractivity contribution < 1.29 is 0 Å². The molecule has 0 saturated heterocycles. The molecule has 0 nitrogen and oxygen atoms in total. The fourth-order valence-corrected chi connectivity index (χ4v) is 2.93. The second-order valence-electron chi connectivity index (χ2n) is 6.03. The van der Waals surface area contributed by atoms with Crippen LogP contribution in [-0.2, 0) is 0 Å². The third-order valence-electron chi connectivity index (χ3n) is 4.26. The largest absolute Gasteiger partial charge is 0.0985 e. The third kappa shape index (κ3) is 6.33. The molecule has 1 aromatic carbocycles. The van der Waals surface area contributed by atoms with E-state index in [0.717, 1.165) is 0 Å². The van der Waals surface area contributed by atoms with Gasteiger partial charge in [0.25, 0.3) is 0 Å². The number of hydrogen-bond donors (Lipinski definition) is 0. The van der Waals surface area contributed by atoms with E-state index in [9.17, 15) is 0 Å². The normalized spacial score (nSPS) is 10.8. The van der Waals surface area contributed by atoms with Crippen LogP contribution in [0.3, 0.4) is 0 Å². The molecule has 0 unspecified atom stereocenters. The summed E-state index contributed by atoms with van der Waals surface area (Å²) in [7, 11) is 0. The van der Waals surface area contributed by atoms with Crippen LogP contribution in [0.5, 0.6) is 0 Å². The Hall–Kier alpha value is -1.30. The van der Waals surface area contributed by atoms with E-state index in [1.54, 1.807) is 0 Å². The fraction of sp³-hybridized carbons (Fsp3) is 0.524. The van der Waals surface area contributed by atoms with E-state index in [2.05, 4.69) is 45.2 Å². The van der Waals surface area contributed by atoms with E-state index in [4.69, 9.17) is 0 Å². The molecule has 21 heavy (non-hydrogen) atoms. The number of hydrogen-bond acceptors (Lipinski definition) is 0. The van der Waals surface area contributed by atoms with Crippen LogP contribution >= 0.6 is 0 Å². The van der Waals surface area contributed by atoms with Crippen molar-refractivity contribution in [2.24, 2.45) is 0 Å². The Kier molecular flexibility index (Phi) is 8.82. The summed E-state index contributed by atoms with van der Waals surface area (Å²) in [5.41, 5.74) is 3.92. The Morgan fingerprint density at radius 3 is 1.67 bits per heavy atom. The predicted molar refractivity (Wildman–Crippen MR) is 97.6 cm³/mol. The summed E-state index contributed by atoms with van der Waals surface area (Å²) in [6.07, 6.45) is 14.5. The first-order valence-electron chi connectivity index (χ1n) is 8.65. The molecule has 0 radical (unpaired) electrons. The van der Waals surface area contributed by atoms with Crippen LogP contribution in [0.4, 0.5) is 0 Å². The van der Waals surface area contributed by atoms with E-state index in [-0.39, 0.29) is 0 Å². The van der Waals surface area contributed by atoms with Gasteiger partial charge in [0.05, 0.1) is 0 Å². The molecular formula is C21H32. The molecule has 0 aliphatic heterocycles. The molecule has 0 heteroatoms. The zero-order chi connectivity index (χ0) is 15.5. The molecule has 0 fully saturated rings. The molecule has 0 aromatic heterocycles. The molecule has 1 rings (SSSR count). The first-order chi connectivity index (χ1) is 10.2. The first kappa shape index (κ1) is 17.8. The van der Waals surface area contributed by atoms with Crippen molar-refractivity contribution in [3.8, 4) is 0 Å². The van der Waals surface area contributed by atoms with Crippen LogP contribution in [0.25, 0.3) is 12.2 Å². The van der Waals surface area contributed by atoms with Crippen molar-refractivity contribution in [1.29, 1.82) is 0 Å². The van der Waals surface area contributed by atoms with E-state index in [1.165, 1.54) is 68.1 Å². The van der Waals surface area contributed by atoms with Gasteiger partial charge in [-0.25, -0.2) is 0 Å². The zero-order valence-electron chi connectivity index (χ0n) is 14.0. The molecule has 0 N–H and O–H groups in total. The molecule has 0 bridgehead atoms. The lowest BCUT2D eigenvalue weighted by molar-refractivity contribution is 0.506. The van der Waals surface area contributed by atoms with Gasteiger partial charge in [-0.3, -0.25) is 0 Å². The molecule has 116 valence electrons. The molecule has 0 atom stereocenters. The maximum Gasteiger partial charge on any atom is -0.0162 e. The van der Waals surface area contributed by atoms with Crippen molar-refractivity contribution in [3.63, 3.8) is 0 Å². The average molecular weight is 284 g/mol. The lowest BCUT2D eigenvalue weighted by Gasteiger charge is -2.19. The van der Waals surface area contributed by atoms with Crippen LogP contribution in [0, 0.1) is 0 Å². The quantitative estimate of drug-likeness (QED) is 0.376. The highest BCUT2D eigenvalue weighted by molar-refractivity contribution is 5.58. The topological polar surface area (TPSA) is 0 Å². The molecule has 1 aromatic rings. The smallest absolute Gasteiger partial charge is 0.0162 e. The predicted octanol–water partition coefficient (Wildman–Crippen LogP) is 7.22. The molecule has 0 spiro atoms. The number of rotatable bonds is 11. The van der Waals surface area contributed by atoms with Gasteiger partial charge in [-0.05, 0) is 41.5 Å². The summed E-state index contributed by atoms with van der Waals surface area (Å²) in [5, 5.41) is 0. The highest BCUT2D eigenvalue weighted by atomic mass is 14.2. The second kappa shape index (κ2) is 10.4. The van der Waals surface area contributed by atoms with Crippen molar-refractivity contribution in [3.05, 3.63) is 48.0 Å². The van der Waals surface area contributed by atoms with Crippen molar-refractivity contribution in [2.45, 2.75) is 71.1 Å². The van der Waals surface area contributed by atoms with Crippen LogP contribution in [0.15, 0.2) is 31.4 Å². The van der Waals surface area contributed by atoms with E-state index < -0.39 is 0 Å². The van der Waals surface area contributed by atoms with Gasteiger partial charge in [0.2, 0.25) is 0 Å². The van der Waals surface area contributed by atoms with Crippen molar-refractivity contribution >= 4 is 12.2 Å². The Morgan fingerprint density at radius 1 is 0.810 bits per heavy atom. The van der Waals surface area contributed by atoms with Crippen LogP contribution < -0.4 is 0 Å². The Morgan fingerprint density at radius 2 is 1.29 bits per heavy atom. The maximum absolute atomic E-state index is 3.92. The van der Waals surface area contributed by atoms with Gasteiger partial charge in [-0.15, -0.1) is 0 Å². The van der Waals surface area contributed by atoms with Gasteiger partial charge in [0.1, 0.15) is 0 Å². The minimum Gasteiger partial charge on any atom is -0.0985 e. The summed E-state index contributed by atoms with van der Waals surface area (Å²) in [5.74, 6) is 0.696. The SMILES string of the molecule is C=Cc1cc(C=C)cc(C(CCCCC)CCCCC)c1. The molecule has 0 aliphatic carbocycles. The monoisotopic (exact) mass is 284 g/mol. The van der Waals surface area contributed by atoms with Gasteiger partial charge in [0, 0.05) is 0 Å². The van der Waals surface area contributed by atoms with Crippen LogP contribution in [0.1, 0.15) is 87.8 Å². The van der Waals surface area contributed by atoms with Gasteiger partial charge in [-0.1, -0.05) is 89.8 Å². The summed E-state index contributed by atoms with van der Waals surface area (Å²) in [6.45, 7) is 12.4. The summed E-state index contributed by atoms with van der Waals surface area (Å²) < 4.78 is 0. The Labute approximate surface area is 132 Å². The second-order valence-corrected chi connectivity index (χ2v) is 6.03. The zero-order valence-corrected chi connectivity index (χ0v) is 14.0. The van der Waals surface area contributed by atoms with E-state index >= 15 is 0 Å². The first-order valence-corrected chi connectivity index (χ1v) is 8.65. The van der Waals surface area contributed by atoms with Crippen molar-refractivity contribution in [2.75, 3.05) is 0 Å².